The van der Waals surface area contributed by atoms with E-state index in [2.05, 4.69) is 129 Å². The molecular formula is C54H50O8. The molecule has 0 aromatic heterocycles. The highest BCUT2D eigenvalue weighted by Gasteiger charge is 2.47. The quantitative estimate of drug-likeness (QED) is 0.0480. The molecule has 2 bridgehead atoms. The highest BCUT2D eigenvalue weighted by atomic mass is 16.6. The number of carbonyl (C=O) groups excluding carboxylic acids is 2. The summed E-state index contributed by atoms with van der Waals surface area (Å²) in [6.07, 6.45) is 1.90. The van der Waals surface area contributed by atoms with Crippen LogP contribution in [0, 0.1) is 12.8 Å². The van der Waals surface area contributed by atoms with E-state index in [0.29, 0.717) is 33.0 Å². The maximum atomic E-state index is 13.5. The van der Waals surface area contributed by atoms with Crippen LogP contribution in [0.2, 0.25) is 0 Å². The van der Waals surface area contributed by atoms with Crippen LogP contribution in [0.25, 0.3) is 11.1 Å². The summed E-state index contributed by atoms with van der Waals surface area (Å²) in [7, 11) is 0. The van der Waals surface area contributed by atoms with Crippen LogP contribution in [0.4, 0.5) is 0 Å². The molecule has 8 nitrogen and oxygen atoms in total. The van der Waals surface area contributed by atoms with Crippen LogP contribution < -0.4 is 9.47 Å². The highest BCUT2D eigenvalue weighted by Crippen LogP contribution is 2.57. The van der Waals surface area contributed by atoms with Gasteiger partial charge in [-0.2, -0.15) is 0 Å². The van der Waals surface area contributed by atoms with Crippen LogP contribution in [0.3, 0.4) is 0 Å². The molecule has 8 heteroatoms. The molecule has 0 spiro atoms. The van der Waals surface area contributed by atoms with E-state index in [-0.39, 0.29) is 43.5 Å². The maximum Gasteiger partial charge on any atom is 0.330 e. The van der Waals surface area contributed by atoms with E-state index in [0.717, 1.165) is 35.1 Å². The van der Waals surface area contributed by atoms with Gasteiger partial charge in [-0.25, -0.2) is 4.79 Å². The van der Waals surface area contributed by atoms with Crippen molar-refractivity contribution in [3.05, 3.63) is 202 Å². The van der Waals surface area contributed by atoms with Gasteiger partial charge in [0.05, 0.1) is 37.8 Å². The van der Waals surface area contributed by atoms with Gasteiger partial charge < -0.3 is 28.4 Å². The van der Waals surface area contributed by atoms with E-state index in [1.54, 1.807) is 0 Å². The lowest BCUT2D eigenvalue weighted by molar-refractivity contribution is -0.151. The zero-order valence-electron chi connectivity index (χ0n) is 34.9. The summed E-state index contributed by atoms with van der Waals surface area (Å²) in [6.45, 7) is 7.92. The lowest BCUT2D eigenvalue weighted by atomic mass is 9.59. The molecule has 10 rings (SSSR count). The number of rotatable bonds is 18. The second kappa shape index (κ2) is 18.2. The van der Waals surface area contributed by atoms with E-state index in [4.69, 9.17) is 28.4 Å². The Morgan fingerprint density at radius 2 is 1.10 bits per heavy atom. The maximum absolute atomic E-state index is 13.5. The van der Waals surface area contributed by atoms with Gasteiger partial charge in [-0.05, 0) is 93.2 Å². The summed E-state index contributed by atoms with van der Waals surface area (Å²) in [5.41, 5.74) is 12.9. The summed E-state index contributed by atoms with van der Waals surface area (Å²) in [4.78, 5) is 24.7. The fraction of sp³-hybridized carbons (Fsp3) is 0.259. The van der Waals surface area contributed by atoms with Crippen LogP contribution in [0.1, 0.15) is 68.3 Å². The van der Waals surface area contributed by atoms with Crippen molar-refractivity contribution in [2.45, 2.75) is 30.6 Å². The van der Waals surface area contributed by atoms with Crippen LogP contribution in [-0.2, 0) is 34.0 Å². The molecule has 0 aliphatic heterocycles. The number of fused-ring (bicyclic) bond motifs is 4. The topological polar surface area (TPSA) is 89.5 Å². The van der Waals surface area contributed by atoms with Crippen molar-refractivity contribution in [1.82, 2.24) is 0 Å². The molecule has 0 amide bonds. The third kappa shape index (κ3) is 7.81. The van der Waals surface area contributed by atoms with Crippen LogP contribution >= 0.6 is 0 Å². The van der Waals surface area contributed by atoms with Crippen molar-refractivity contribution >= 4 is 11.9 Å². The van der Waals surface area contributed by atoms with Crippen LogP contribution in [0.15, 0.2) is 152 Å². The van der Waals surface area contributed by atoms with Crippen molar-refractivity contribution in [3.8, 4) is 22.6 Å². The van der Waals surface area contributed by atoms with Gasteiger partial charge in [-0.15, -0.1) is 0 Å². The Hall–Kier alpha value is -6.48. The van der Waals surface area contributed by atoms with E-state index in [1.807, 2.05) is 24.3 Å². The molecule has 0 saturated heterocycles. The first-order valence-electron chi connectivity index (χ1n) is 21.4. The Morgan fingerprint density at radius 1 is 0.581 bits per heavy atom. The molecule has 3 unspecified atom stereocenters. The van der Waals surface area contributed by atoms with Gasteiger partial charge in [0.2, 0.25) is 0 Å². The minimum absolute atomic E-state index is 0.0141. The first-order chi connectivity index (χ1) is 30.5. The normalized spacial score (nSPS) is 17.2. The van der Waals surface area contributed by atoms with E-state index >= 15 is 0 Å². The average Bonchev–Trinajstić information content (AvgIpc) is 3.62. The average molecular weight is 827 g/mol. The Bertz CT molecular complexity index is 2510. The number of carbonyl (C=O) groups is 2. The number of hydrogen-bond donors (Lipinski definition) is 0. The predicted molar refractivity (Wildman–Crippen MR) is 238 cm³/mol. The fourth-order valence-corrected chi connectivity index (χ4v) is 9.87. The number of esters is 2. The molecule has 6 aromatic rings. The Morgan fingerprint density at radius 3 is 1.69 bits per heavy atom. The molecule has 62 heavy (non-hydrogen) atoms. The molecular weight excluding hydrogens is 777 g/mol. The number of aryl methyl sites for hydroxylation is 1. The summed E-state index contributed by atoms with van der Waals surface area (Å²) in [5.74, 6) is 0.871. The number of ether oxygens (including phenoxy) is 6. The zero-order valence-corrected chi connectivity index (χ0v) is 34.9. The van der Waals surface area contributed by atoms with Crippen molar-refractivity contribution in [2.24, 2.45) is 5.92 Å². The third-order valence-electron chi connectivity index (χ3n) is 12.5. The highest BCUT2D eigenvalue weighted by molar-refractivity contribution is 5.86. The molecule has 314 valence electrons. The van der Waals surface area contributed by atoms with Crippen molar-refractivity contribution < 1.29 is 38.0 Å². The van der Waals surface area contributed by atoms with E-state index in [9.17, 15) is 9.59 Å². The monoisotopic (exact) mass is 826 g/mol. The van der Waals surface area contributed by atoms with Crippen molar-refractivity contribution in [3.63, 3.8) is 0 Å². The molecule has 3 atom stereocenters. The van der Waals surface area contributed by atoms with Crippen molar-refractivity contribution in [2.75, 3.05) is 52.9 Å². The number of hydrogen-bond acceptors (Lipinski definition) is 8. The first-order valence-corrected chi connectivity index (χ1v) is 21.4. The molecule has 4 aliphatic rings. The largest absolute Gasteiger partial charge is 0.491 e. The summed E-state index contributed by atoms with van der Waals surface area (Å²) in [5, 5.41) is 0. The molecule has 0 heterocycles. The number of benzene rings is 6. The second-order valence-electron chi connectivity index (χ2n) is 16.0. The van der Waals surface area contributed by atoms with E-state index < -0.39 is 11.4 Å². The predicted octanol–water partition coefficient (Wildman–Crippen LogP) is 9.72. The minimum atomic E-state index is -0.570. The molecule has 0 saturated carbocycles. The zero-order chi connectivity index (χ0) is 42.5. The van der Waals surface area contributed by atoms with Crippen LogP contribution in [-0.4, -0.2) is 64.8 Å². The Kier molecular flexibility index (Phi) is 12.0. The lowest BCUT2D eigenvalue weighted by Gasteiger charge is -2.44. The molecule has 0 radical (unpaired) electrons. The van der Waals surface area contributed by atoms with E-state index in [1.165, 1.54) is 50.1 Å². The van der Waals surface area contributed by atoms with Gasteiger partial charge in [-0.1, -0.05) is 127 Å². The van der Waals surface area contributed by atoms with Gasteiger partial charge >= 0.3 is 11.9 Å². The molecule has 0 fully saturated rings. The third-order valence-corrected chi connectivity index (χ3v) is 12.5. The summed E-state index contributed by atoms with van der Waals surface area (Å²) in [6, 6.07) is 49.1. The van der Waals surface area contributed by atoms with Gasteiger partial charge in [0.15, 0.2) is 0 Å². The molecule has 6 aromatic carbocycles. The van der Waals surface area contributed by atoms with Gasteiger partial charge in [0, 0.05) is 17.9 Å². The SMILES string of the molecule is C=CC(=O)OCCOCCOc1ccc(C2(c3ccc(OCCOCCOC(=O)C4CC5c6ccccc6C4c4ccc(C)cc45)cc3)c3ccccc3-c3ccccc32)cc1. The minimum Gasteiger partial charge on any atom is -0.491 e. The fourth-order valence-electron chi connectivity index (χ4n) is 9.87. The molecule has 0 N–H and O–H groups in total. The lowest BCUT2D eigenvalue weighted by Crippen LogP contribution is -2.37. The summed E-state index contributed by atoms with van der Waals surface area (Å²) >= 11 is 0. The standard InChI is InChI=1S/C54H50O8/c1-3-51(55)61-32-28-57-26-30-59-39-21-17-37(18-22-39)54(49-14-8-6-11-42(49)43-12-7-9-15-50(43)54)38-19-23-40(24-20-38)60-31-27-58-29-33-62-53(56)48-35-47-41-10-4-5-13-44(41)52(48)45-25-16-36(2)34-46(45)47/h3-25,34,47-48,52H,1,26-33,35H2,2H3. The van der Waals surface area contributed by atoms with Gasteiger partial charge in [0.1, 0.15) is 37.9 Å². The Labute approximate surface area is 363 Å². The first kappa shape index (κ1) is 40.9. The Balaban J connectivity index is 0.808. The van der Waals surface area contributed by atoms with Gasteiger partial charge in [-0.3, -0.25) is 4.79 Å². The van der Waals surface area contributed by atoms with Crippen LogP contribution in [0.5, 0.6) is 11.5 Å². The molecule has 4 aliphatic carbocycles. The van der Waals surface area contributed by atoms with Gasteiger partial charge in [0.25, 0.3) is 0 Å². The van der Waals surface area contributed by atoms with Crippen molar-refractivity contribution in [1.29, 1.82) is 0 Å². The summed E-state index contributed by atoms with van der Waals surface area (Å²) < 4.78 is 34.3. The smallest absolute Gasteiger partial charge is 0.330 e. The second-order valence-corrected chi connectivity index (χ2v) is 16.0.